The quantitative estimate of drug-likeness (QED) is 0.666. The van der Waals surface area contributed by atoms with Crippen molar-refractivity contribution >= 4 is 13.3 Å². The zero-order valence-electron chi connectivity index (χ0n) is 8.84. The van der Waals surface area contributed by atoms with Crippen molar-refractivity contribution in [2.45, 2.75) is 26.8 Å². The Hall–Kier alpha value is -0.955. The summed E-state index contributed by atoms with van der Waals surface area (Å²) in [5.74, 6) is 0.949. The average molecular weight is 189 g/mol. The van der Waals surface area contributed by atoms with Crippen LogP contribution >= 0.6 is 0 Å². The Kier molecular flexibility index (Phi) is 4.02. The number of ether oxygens (including phenoxy) is 1. The maximum absolute atomic E-state index is 5.77. The van der Waals surface area contributed by atoms with Crippen LogP contribution in [0.1, 0.15) is 25.0 Å². The van der Waals surface area contributed by atoms with Gasteiger partial charge in [-0.3, -0.25) is 0 Å². The molecule has 74 valence electrons. The number of fused-ring (bicyclic) bond motifs is 1. The van der Waals surface area contributed by atoms with Gasteiger partial charge in [0.05, 0.1) is 6.61 Å². The van der Waals surface area contributed by atoms with Crippen LogP contribution in [0.4, 0.5) is 0 Å². The van der Waals surface area contributed by atoms with Crippen LogP contribution in [0.15, 0.2) is 12.1 Å². The SMILES string of the molecule is CC.[B]c1ccc2c(c1CN)CCO2. The number of rotatable bonds is 1. The Labute approximate surface area is 86.9 Å². The van der Waals surface area contributed by atoms with Crippen molar-refractivity contribution < 1.29 is 4.74 Å². The monoisotopic (exact) mass is 189 g/mol. The van der Waals surface area contributed by atoms with Gasteiger partial charge in [-0.15, -0.1) is 0 Å². The zero-order valence-corrected chi connectivity index (χ0v) is 8.84. The van der Waals surface area contributed by atoms with E-state index in [9.17, 15) is 0 Å². The van der Waals surface area contributed by atoms with Crippen LogP contribution in [0.2, 0.25) is 0 Å². The summed E-state index contributed by atoms with van der Waals surface area (Å²) < 4.78 is 5.38. The van der Waals surface area contributed by atoms with Crippen LogP contribution in [0.25, 0.3) is 0 Å². The van der Waals surface area contributed by atoms with Gasteiger partial charge in [0.15, 0.2) is 0 Å². The van der Waals surface area contributed by atoms with E-state index >= 15 is 0 Å². The van der Waals surface area contributed by atoms with Crippen molar-refractivity contribution in [3.8, 4) is 5.75 Å². The first kappa shape index (κ1) is 11.1. The molecule has 1 aromatic rings. The minimum Gasteiger partial charge on any atom is -0.493 e. The topological polar surface area (TPSA) is 35.2 Å². The molecule has 0 fully saturated rings. The molecule has 0 saturated carbocycles. The maximum atomic E-state index is 5.77. The van der Waals surface area contributed by atoms with E-state index in [1.165, 1.54) is 5.56 Å². The molecule has 0 saturated heterocycles. The van der Waals surface area contributed by atoms with Gasteiger partial charge in [0, 0.05) is 18.5 Å². The average Bonchev–Trinajstić information content (AvgIpc) is 2.69. The highest BCUT2D eigenvalue weighted by atomic mass is 16.5. The van der Waals surface area contributed by atoms with Crippen LogP contribution in [0, 0.1) is 0 Å². The largest absolute Gasteiger partial charge is 0.493 e. The third kappa shape index (κ3) is 1.93. The van der Waals surface area contributed by atoms with Crippen molar-refractivity contribution in [3.05, 3.63) is 23.3 Å². The minimum absolute atomic E-state index is 0.498. The summed E-state index contributed by atoms with van der Waals surface area (Å²) in [6.07, 6.45) is 0.937. The molecule has 0 unspecified atom stereocenters. The molecule has 0 aliphatic carbocycles. The second-order valence-corrected chi connectivity index (χ2v) is 2.91. The first-order valence-electron chi connectivity index (χ1n) is 5.06. The smallest absolute Gasteiger partial charge is 0.122 e. The lowest BCUT2D eigenvalue weighted by Crippen LogP contribution is -2.16. The molecule has 1 aromatic carbocycles. The number of benzene rings is 1. The zero-order chi connectivity index (χ0) is 10.6. The van der Waals surface area contributed by atoms with E-state index in [-0.39, 0.29) is 0 Å². The van der Waals surface area contributed by atoms with Gasteiger partial charge in [-0.1, -0.05) is 25.4 Å². The molecule has 0 amide bonds. The first-order valence-corrected chi connectivity index (χ1v) is 5.06. The molecule has 14 heavy (non-hydrogen) atoms. The van der Waals surface area contributed by atoms with Crippen LogP contribution in [0.5, 0.6) is 5.75 Å². The molecule has 0 spiro atoms. The third-order valence-electron chi connectivity index (χ3n) is 2.24. The maximum Gasteiger partial charge on any atom is 0.122 e. The van der Waals surface area contributed by atoms with E-state index in [1.54, 1.807) is 0 Å². The van der Waals surface area contributed by atoms with E-state index in [0.29, 0.717) is 6.54 Å². The summed E-state index contributed by atoms with van der Waals surface area (Å²) in [6, 6.07) is 3.77. The van der Waals surface area contributed by atoms with Crippen molar-refractivity contribution in [2.24, 2.45) is 5.73 Å². The standard InChI is InChI=1S/C9H10BNO.C2H6/c10-8-1-2-9-6(3-4-12-9)7(8)5-11;1-2/h1-2H,3-5,11H2;1-2H3. The second kappa shape index (κ2) is 5.06. The second-order valence-electron chi connectivity index (χ2n) is 2.91. The summed E-state index contributed by atoms with van der Waals surface area (Å²) in [7, 11) is 5.77. The van der Waals surface area contributed by atoms with Crippen molar-refractivity contribution in [2.75, 3.05) is 6.61 Å². The van der Waals surface area contributed by atoms with Gasteiger partial charge >= 0.3 is 0 Å². The van der Waals surface area contributed by atoms with Gasteiger partial charge in [0.1, 0.15) is 13.6 Å². The van der Waals surface area contributed by atoms with Crippen molar-refractivity contribution in [1.29, 1.82) is 0 Å². The molecule has 2 N–H and O–H groups in total. The molecule has 0 aromatic heterocycles. The van der Waals surface area contributed by atoms with Gasteiger partial charge in [0.2, 0.25) is 0 Å². The minimum atomic E-state index is 0.498. The molecule has 0 atom stereocenters. The Balaban J connectivity index is 0.000000461. The van der Waals surface area contributed by atoms with E-state index < -0.39 is 0 Å². The molecule has 1 aliphatic heterocycles. The van der Waals surface area contributed by atoms with Crippen LogP contribution in [0.3, 0.4) is 0 Å². The molecule has 2 radical (unpaired) electrons. The fourth-order valence-corrected chi connectivity index (χ4v) is 1.60. The summed E-state index contributed by atoms with van der Waals surface area (Å²) in [6.45, 7) is 5.25. The molecule has 2 rings (SSSR count). The number of hydrogen-bond donors (Lipinski definition) is 1. The predicted molar refractivity (Wildman–Crippen MR) is 60.3 cm³/mol. The van der Waals surface area contributed by atoms with Gasteiger partial charge in [-0.05, 0) is 11.6 Å². The van der Waals surface area contributed by atoms with Crippen LogP contribution < -0.4 is 15.9 Å². The highest BCUT2D eigenvalue weighted by molar-refractivity contribution is 6.33. The lowest BCUT2D eigenvalue weighted by Gasteiger charge is -2.08. The van der Waals surface area contributed by atoms with Gasteiger partial charge < -0.3 is 10.5 Å². The van der Waals surface area contributed by atoms with Gasteiger partial charge in [0.25, 0.3) is 0 Å². The van der Waals surface area contributed by atoms with Gasteiger partial charge in [-0.25, -0.2) is 0 Å². The Morgan fingerprint density at radius 1 is 1.43 bits per heavy atom. The molecule has 1 heterocycles. The summed E-state index contributed by atoms with van der Waals surface area (Å²) in [5, 5.41) is 0. The molecule has 2 nitrogen and oxygen atoms in total. The summed E-state index contributed by atoms with van der Waals surface area (Å²) >= 11 is 0. The molecule has 1 aliphatic rings. The molecule has 0 bridgehead atoms. The first-order chi connectivity index (χ1) is 6.83. The fraction of sp³-hybridized carbons (Fsp3) is 0.455. The Bertz CT molecular complexity index is 312. The van der Waals surface area contributed by atoms with Crippen molar-refractivity contribution in [1.82, 2.24) is 0 Å². The molecule has 3 heteroatoms. The van der Waals surface area contributed by atoms with Gasteiger partial charge in [-0.2, -0.15) is 0 Å². The van der Waals surface area contributed by atoms with Crippen LogP contribution in [-0.2, 0) is 13.0 Å². The Morgan fingerprint density at radius 2 is 2.14 bits per heavy atom. The highest BCUT2D eigenvalue weighted by Crippen LogP contribution is 2.26. The summed E-state index contributed by atoms with van der Waals surface area (Å²) in [5.41, 5.74) is 8.61. The van der Waals surface area contributed by atoms with E-state index in [0.717, 1.165) is 29.8 Å². The van der Waals surface area contributed by atoms with Crippen molar-refractivity contribution in [3.63, 3.8) is 0 Å². The fourth-order valence-electron chi connectivity index (χ4n) is 1.60. The highest BCUT2D eigenvalue weighted by Gasteiger charge is 2.15. The Morgan fingerprint density at radius 3 is 2.79 bits per heavy atom. The third-order valence-corrected chi connectivity index (χ3v) is 2.24. The lowest BCUT2D eigenvalue weighted by molar-refractivity contribution is 0.357. The molecular formula is C11H16BNO. The normalized spacial score (nSPS) is 12.5. The van der Waals surface area contributed by atoms with E-state index in [4.69, 9.17) is 18.3 Å². The van der Waals surface area contributed by atoms with E-state index in [2.05, 4.69) is 0 Å². The van der Waals surface area contributed by atoms with E-state index in [1.807, 2.05) is 26.0 Å². The van der Waals surface area contributed by atoms with Crippen LogP contribution in [-0.4, -0.2) is 14.5 Å². The lowest BCUT2D eigenvalue weighted by atomic mass is 9.87. The number of nitrogens with two attached hydrogens (primary N) is 1. The summed E-state index contributed by atoms with van der Waals surface area (Å²) in [4.78, 5) is 0. The number of hydrogen-bond acceptors (Lipinski definition) is 2. The molecular weight excluding hydrogens is 173 g/mol. The predicted octanol–water partition coefficient (Wildman–Crippen LogP) is 0.900.